The molecule has 1 N–H and O–H groups in total. The Balaban J connectivity index is 2.01. The molecule has 0 bridgehead atoms. The Kier molecular flexibility index (Phi) is 5.55. The molecule has 0 aliphatic heterocycles. The molecule has 0 saturated heterocycles. The fourth-order valence-electron chi connectivity index (χ4n) is 2.44. The predicted molar refractivity (Wildman–Crippen MR) is 82.7 cm³/mol. The van der Waals surface area contributed by atoms with E-state index in [-0.39, 0.29) is 23.9 Å². The van der Waals surface area contributed by atoms with Crippen LogP contribution in [0, 0.1) is 10.1 Å². The monoisotopic (exact) mass is 358 g/mol. The zero-order chi connectivity index (χ0) is 15.4. The Morgan fingerprint density at radius 1 is 1.48 bits per heavy atom. The molecule has 21 heavy (non-hydrogen) atoms. The summed E-state index contributed by atoms with van der Waals surface area (Å²) in [6, 6.07) is 4.89. The lowest BCUT2D eigenvalue weighted by Crippen LogP contribution is -2.61. The minimum atomic E-state index is -0.433. The first-order valence-corrected chi connectivity index (χ1v) is 7.72. The lowest BCUT2D eigenvalue weighted by Gasteiger charge is -2.43. The van der Waals surface area contributed by atoms with Crippen LogP contribution < -0.4 is 10.1 Å². The van der Waals surface area contributed by atoms with Gasteiger partial charge in [-0.25, -0.2) is 0 Å². The fraction of sp³-hybridized carbons (Fsp3) is 0.571. The summed E-state index contributed by atoms with van der Waals surface area (Å²) < 4.78 is 11.9. The molecule has 6 nitrogen and oxygen atoms in total. The van der Waals surface area contributed by atoms with Gasteiger partial charge in [0.2, 0.25) is 0 Å². The molecule has 116 valence electrons. The van der Waals surface area contributed by atoms with Gasteiger partial charge in [0.25, 0.3) is 5.69 Å². The van der Waals surface area contributed by atoms with Crippen LogP contribution in [0.1, 0.15) is 19.8 Å². The Morgan fingerprint density at radius 3 is 2.86 bits per heavy atom. The van der Waals surface area contributed by atoms with Crippen molar-refractivity contribution < 1.29 is 14.4 Å². The zero-order valence-electron chi connectivity index (χ0n) is 12.0. The van der Waals surface area contributed by atoms with Crippen molar-refractivity contribution in [1.82, 2.24) is 5.32 Å². The van der Waals surface area contributed by atoms with Crippen LogP contribution in [0.15, 0.2) is 22.7 Å². The number of benzene rings is 1. The van der Waals surface area contributed by atoms with Crippen LogP contribution in [-0.2, 0) is 4.74 Å². The second kappa shape index (κ2) is 7.20. The van der Waals surface area contributed by atoms with E-state index in [4.69, 9.17) is 9.47 Å². The molecule has 0 radical (unpaired) electrons. The number of hydrogen-bond acceptors (Lipinski definition) is 5. The van der Waals surface area contributed by atoms with Gasteiger partial charge in [-0.3, -0.25) is 10.1 Å². The molecule has 1 saturated carbocycles. The van der Waals surface area contributed by atoms with Gasteiger partial charge in [0.1, 0.15) is 18.0 Å². The molecule has 0 amide bonds. The molecule has 1 aliphatic carbocycles. The molecule has 1 aromatic carbocycles. The first kappa shape index (κ1) is 16.2. The summed E-state index contributed by atoms with van der Waals surface area (Å²) in [5.41, 5.74) is 0.00771. The standard InChI is InChI=1S/C14H19BrN2O4/c1-3-4-16-12-8-13(14(12)20-2)21-11-6-9(15)5-10(7-11)17(18)19/h5-7,12-14,16H,3-4,8H2,1-2H3. The number of methoxy groups -OCH3 is 1. The van der Waals surface area contributed by atoms with E-state index in [2.05, 4.69) is 28.2 Å². The second-order valence-electron chi connectivity index (χ2n) is 5.06. The fourth-order valence-corrected chi connectivity index (χ4v) is 2.90. The predicted octanol–water partition coefficient (Wildman–Crippen LogP) is 2.89. The lowest BCUT2D eigenvalue weighted by molar-refractivity contribution is -0.385. The highest BCUT2D eigenvalue weighted by Gasteiger charge is 2.43. The number of halogens is 1. The Bertz CT molecular complexity index is 512. The summed E-state index contributed by atoms with van der Waals surface area (Å²) in [5, 5.41) is 14.3. The van der Waals surface area contributed by atoms with Gasteiger partial charge in [-0.15, -0.1) is 0 Å². The molecule has 3 atom stereocenters. The van der Waals surface area contributed by atoms with E-state index < -0.39 is 4.92 Å². The van der Waals surface area contributed by atoms with Gasteiger partial charge in [-0.1, -0.05) is 22.9 Å². The maximum atomic E-state index is 10.9. The minimum Gasteiger partial charge on any atom is -0.487 e. The van der Waals surface area contributed by atoms with Crippen LogP contribution in [0.3, 0.4) is 0 Å². The van der Waals surface area contributed by atoms with Crippen molar-refractivity contribution in [1.29, 1.82) is 0 Å². The summed E-state index contributed by atoms with van der Waals surface area (Å²) in [6.45, 7) is 3.06. The molecule has 0 heterocycles. The van der Waals surface area contributed by atoms with Gasteiger partial charge in [0.05, 0.1) is 11.0 Å². The molecule has 0 aromatic heterocycles. The van der Waals surface area contributed by atoms with E-state index in [0.717, 1.165) is 19.4 Å². The van der Waals surface area contributed by atoms with Crippen LogP contribution in [0.5, 0.6) is 5.75 Å². The summed E-state index contributed by atoms with van der Waals surface area (Å²) in [7, 11) is 1.66. The van der Waals surface area contributed by atoms with E-state index in [1.807, 2.05) is 0 Å². The maximum absolute atomic E-state index is 10.9. The molecular formula is C14H19BrN2O4. The Hall–Kier alpha value is -1.18. The van der Waals surface area contributed by atoms with E-state index in [1.54, 1.807) is 13.2 Å². The summed E-state index contributed by atoms with van der Waals surface area (Å²) in [6.07, 6.45) is 1.78. The van der Waals surface area contributed by atoms with E-state index in [1.165, 1.54) is 12.1 Å². The van der Waals surface area contributed by atoms with Crippen molar-refractivity contribution in [2.45, 2.75) is 38.0 Å². The summed E-state index contributed by atoms with van der Waals surface area (Å²) in [4.78, 5) is 10.4. The topological polar surface area (TPSA) is 73.6 Å². The number of ether oxygens (including phenoxy) is 2. The van der Waals surface area contributed by atoms with Crippen molar-refractivity contribution >= 4 is 21.6 Å². The average Bonchev–Trinajstić information content (AvgIpc) is 2.41. The third-order valence-electron chi connectivity index (χ3n) is 3.53. The van der Waals surface area contributed by atoms with E-state index >= 15 is 0 Å². The average molecular weight is 359 g/mol. The molecule has 1 fully saturated rings. The number of non-ortho nitro benzene ring substituents is 1. The van der Waals surface area contributed by atoms with Crippen LogP contribution in [0.2, 0.25) is 0 Å². The zero-order valence-corrected chi connectivity index (χ0v) is 13.6. The number of rotatable bonds is 7. The smallest absolute Gasteiger partial charge is 0.274 e. The number of nitro groups is 1. The molecule has 1 aromatic rings. The third-order valence-corrected chi connectivity index (χ3v) is 3.99. The van der Waals surface area contributed by atoms with Crippen molar-refractivity contribution in [2.75, 3.05) is 13.7 Å². The normalized spacial score (nSPS) is 24.4. The van der Waals surface area contributed by atoms with Gasteiger partial charge in [0.15, 0.2) is 0 Å². The number of nitrogens with zero attached hydrogens (tertiary/aromatic N) is 1. The van der Waals surface area contributed by atoms with Crippen molar-refractivity contribution in [2.24, 2.45) is 0 Å². The highest BCUT2D eigenvalue weighted by Crippen LogP contribution is 2.32. The van der Waals surface area contributed by atoms with Crippen LogP contribution >= 0.6 is 15.9 Å². The van der Waals surface area contributed by atoms with Crippen LogP contribution in [-0.4, -0.2) is 36.8 Å². The van der Waals surface area contributed by atoms with Crippen molar-refractivity contribution in [3.8, 4) is 5.75 Å². The van der Waals surface area contributed by atoms with Gasteiger partial charge in [-0.2, -0.15) is 0 Å². The van der Waals surface area contributed by atoms with Gasteiger partial charge < -0.3 is 14.8 Å². The molecule has 2 rings (SSSR count). The highest BCUT2D eigenvalue weighted by atomic mass is 79.9. The quantitative estimate of drug-likeness (QED) is 0.599. The third kappa shape index (κ3) is 3.93. The highest BCUT2D eigenvalue weighted by molar-refractivity contribution is 9.10. The van der Waals surface area contributed by atoms with Crippen LogP contribution in [0.4, 0.5) is 5.69 Å². The first-order chi connectivity index (χ1) is 10.0. The summed E-state index contributed by atoms with van der Waals surface area (Å²) >= 11 is 3.26. The first-order valence-electron chi connectivity index (χ1n) is 6.93. The summed E-state index contributed by atoms with van der Waals surface area (Å²) in [5.74, 6) is 0.483. The van der Waals surface area contributed by atoms with Gasteiger partial charge in [-0.05, 0) is 19.0 Å². The lowest BCUT2D eigenvalue weighted by atomic mass is 9.85. The van der Waals surface area contributed by atoms with Crippen molar-refractivity contribution in [3.05, 3.63) is 32.8 Å². The Morgan fingerprint density at radius 2 is 2.24 bits per heavy atom. The second-order valence-corrected chi connectivity index (χ2v) is 5.97. The maximum Gasteiger partial charge on any atom is 0.274 e. The van der Waals surface area contributed by atoms with E-state index in [0.29, 0.717) is 10.2 Å². The molecule has 7 heteroatoms. The van der Waals surface area contributed by atoms with E-state index in [9.17, 15) is 10.1 Å². The number of nitrogens with one attached hydrogen (secondary N) is 1. The van der Waals surface area contributed by atoms with Crippen LogP contribution in [0.25, 0.3) is 0 Å². The number of hydrogen-bond donors (Lipinski definition) is 1. The molecule has 3 unspecified atom stereocenters. The van der Waals surface area contributed by atoms with Crippen molar-refractivity contribution in [3.63, 3.8) is 0 Å². The van der Waals surface area contributed by atoms with Gasteiger partial charge >= 0.3 is 0 Å². The largest absolute Gasteiger partial charge is 0.487 e. The number of nitro benzene ring substituents is 1. The minimum absolute atomic E-state index is 0.00771. The molecule has 0 spiro atoms. The SMILES string of the molecule is CCCNC1CC(Oc2cc(Br)cc([N+](=O)[O-])c2)C1OC. The molecule has 1 aliphatic rings. The molecular weight excluding hydrogens is 340 g/mol. The van der Waals surface area contributed by atoms with Gasteiger partial charge in [0, 0.05) is 30.1 Å². The Labute approximate surface area is 132 Å².